The number of benzene rings is 1. The lowest BCUT2D eigenvalue weighted by Gasteiger charge is -2.16. The Hall–Kier alpha value is -1.49. The largest absolute Gasteiger partial charge is 0.383 e. The molecule has 2 rings (SSSR count). The van der Waals surface area contributed by atoms with Crippen molar-refractivity contribution in [2.45, 2.75) is 12.8 Å². The lowest BCUT2D eigenvalue weighted by molar-refractivity contribution is -0.128. The number of ether oxygens (including phenoxy) is 1. The van der Waals surface area contributed by atoms with Gasteiger partial charge < -0.3 is 9.64 Å². The first kappa shape index (κ1) is 13.9. The first-order valence-corrected chi connectivity index (χ1v) is 6.30. The Morgan fingerprint density at radius 1 is 1.32 bits per heavy atom. The molecule has 0 saturated carbocycles. The second-order valence-electron chi connectivity index (χ2n) is 4.88. The molecule has 0 radical (unpaired) electrons. The van der Waals surface area contributed by atoms with Crippen molar-refractivity contribution in [3.63, 3.8) is 0 Å². The highest BCUT2D eigenvalue weighted by Gasteiger charge is 2.29. The number of nitrogens with zero attached hydrogens (tertiary/aromatic N) is 1. The van der Waals surface area contributed by atoms with Gasteiger partial charge in [0.05, 0.1) is 6.61 Å². The number of hydrogen-bond donors (Lipinski definition) is 0. The predicted octanol–water partition coefficient (Wildman–Crippen LogP) is 2.00. The number of hydrogen-bond acceptors (Lipinski definition) is 2. The molecule has 1 unspecified atom stereocenters. The molecule has 0 aliphatic carbocycles. The van der Waals surface area contributed by atoms with Gasteiger partial charge in [-0.25, -0.2) is 8.78 Å². The lowest BCUT2D eigenvalue weighted by Crippen LogP contribution is -2.28. The number of carbonyl (C=O) groups excluding carboxylic acids is 1. The van der Waals surface area contributed by atoms with Crippen LogP contribution in [0, 0.1) is 17.6 Å². The maximum Gasteiger partial charge on any atom is 0.223 e. The van der Waals surface area contributed by atoms with E-state index in [-0.39, 0.29) is 11.8 Å². The molecule has 1 saturated heterocycles. The number of likely N-dealkylation sites (tertiary alicyclic amines) is 1. The third-order valence-electron chi connectivity index (χ3n) is 3.31. The average Bonchev–Trinajstić information content (AvgIpc) is 2.65. The summed E-state index contributed by atoms with van der Waals surface area (Å²) in [6, 6.07) is 3.50. The van der Waals surface area contributed by atoms with Crippen LogP contribution in [0.2, 0.25) is 0 Å². The second kappa shape index (κ2) is 6.10. The van der Waals surface area contributed by atoms with Crippen LogP contribution in [0.4, 0.5) is 8.78 Å². The molecule has 104 valence electrons. The zero-order valence-electron chi connectivity index (χ0n) is 10.9. The zero-order chi connectivity index (χ0) is 13.8. The summed E-state index contributed by atoms with van der Waals surface area (Å²) in [5.74, 6) is -0.949. The number of amides is 1. The van der Waals surface area contributed by atoms with Crippen LogP contribution in [0.25, 0.3) is 0 Å². The zero-order valence-corrected chi connectivity index (χ0v) is 10.9. The van der Waals surface area contributed by atoms with Gasteiger partial charge in [-0.05, 0) is 30.0 Å². The monoisotopic (exact) mass is 269 g/mol. The van der Waals surface area contributed by atoms with Gasteiger partial charge >= 0.3 is 0 Å². The number of methoxy groups -OCH3 is 1. The number of carbonyl (C=O) groups is 1. The van der Waals surface area contributed by atoms with Crippen molar-refractivity contribution in [1.82, 2.24) is 4.90 Å². The number of rotatable bonds is 5. The van der Waals surface area contributed by atoms with Crippen LogP contribution < -0.4 is 0 Å². The molecule has 1 aromatic carbocycles. The summed E-state index contributed by atoms with van der Waals surface area (Å²) in [4.78, 5) is 13.5. The van der Waals surface area contributed by atoms with E-state index in [1.807, 2.05) is 0 Å². The molecular weight excluding hydrogens is 252 g/mol. The minimum atomic E-state index is -0.574. The van der Waals surface area contributed by atoms with Crippen molar-refractivity contribution in [2.24, 2.45) is 5.92 Å². The molecule has 1 aliphatic rings. The Morgan fingerprint density at radius 2 is 2.00 bits per heavy atom. The summed E-state index contributed by atoms with van der Waals surface area (Å²) >= 11 is 0. The summed E-state index contributed by atoms with van der Waals surface area (Å²) < 4.78 is 31.1. The summed E-state index contributed by atoms with van der Waals surface area (Å²) in [6.07, 6.45) is 0.950. The molecule has 1 amide bonds. The van der Waals surface area contributed by atoms with Crippen LogP contribution in [0.5, 0.6) is 0 Å². The predicted molar refractivity (Wildman–Crippen MR) is 66.6 cm³/mol. The van der Waals surface area contributed by atoms with Crippen LogP contribution in [0.3, 0.4) is 0 Å². The van der Waals surface area contributed by atoms with Gasteiger partial charge in [0.15, 0.2) is 0 Å². The standard InChI is InChI=1S/C14H17F2NO2/c1-19-3-2-17-9-11(7-14(17)18)4-10-5-12(15)8-13(16)6-10/h5-6,8,11H,2-4,7,9H2,1H3. The normalized spacial score (nSPS) is 19.2. The third-order valence-corrected chi connectivity index (χ3v) is 3.31. The molecule has 5 heteroatoms. The van der Waals surface area contributed by atoms with Gasteiger partial charge in [-0.2, -0.15) is 0 Å². The Kier molecular flexibility index (Phi) is 4.47. The average molecular weight is 269 g/mol. The fourth-order valence-electron chi connectivity index (χ4n) is 2.47. The van der Waals surface area contributed by atoms with Gasteiger partial charge in [-0.1, -0.05) is 0 Å². The van der Waals surface area contributed by atoms with Crippen LogP contribution in [0.1, 0.15) is 12.0 Å². The molecule has 0 spiro atoms. The summed E-state index contributed by atoms with van der Waals surface area (Å²) in [6.45, 7) is 1.71. The highest BCUT2D eigenvalue weighted by atomic mass is 19.1. The summed E-state index contributed by atoms with van der Waals surface area (Å²) in [7, 11) is 1.59. The molecule has 3 nitrogen and oxygen atoms in total. The molecule has 0 aromatic heterocycles. The maximum absolute atomic E-state index is 13.1. The Labute approximate surface area is 111 Å². The van der Waals surface area contributed by atoms with Crippen molar-refractivity contribution in [3.05, 3.63) is 35.4 Å². The quantitative estimate of drug-likeness (QED) is 0.818. The molecule has 1 aliphatic heterocycles. The van der Waals surface area contributed by atoms with Gasteiger partial charge in [0.2, 0.25) is 5.91 Å². The summed E-state index contributed by atoms with van der Waals surface area (Å²) in [5, 5.41) is 0. The summed E-state index contributed by atoms with van der Waals surface area (Å²) in [5.41, 5.74) is 0.601. The van der Waals surface area contributed by atoms with Gasteiger partial charge in [0, 0.05) is 32.7 Å². The molecule has 1 heterocycles. The van der Waals surface area contributed by atoms with Crippen molar-refractivity contribution in [3.8, 4) is 0 Å². The topological polar surface area (TPSA) is 29.5 Å². The van der Waals surface area contributed by atoms with Crippen LogP contribution in [0.15, 0.2) is 18.2 Å². The van der Waals surface area contributed by atoms with Crippen LogP contribution >= 0.6 is 0 Å². The fourth-order valence-corrected chi connectivity index (χ4v) is 2.47. The van der Waals surface area contributed by atoms with E-state index < -0.39 is 11.6 Å². The van der Waals surface area contributed by atoms with E-state index in [0.717, 1.165) is 6.07 Å². The molecule has 0 bridgehead atoms. The highest BCUT2D eigenvalue weighted by molar-refractivity contribution is 5.78. The Balaban J connectivity index is 1.95. The Bertz CT molecular complexity index is 445. The van der Waals surface area contributed by atoms with E-state index in [0.29, 0.717) is 38.1 Å². The first-order valence-electron chi connectivity index (χ1n) is 6.30. The number of halogens is 2. The fraction of sp³-hybridized carbons (Fsp3) is 0.500. The second-order valence-corrected chi connectivity index (χ2v) is 4.88. The van der Waals surface area contributed by atoms with Gasteiger partial charge in [0.25, 0.3) is 0 Å². The van der Waals surface area contributed by atoms with Crippen molar-refractivity contribution >= 4 is 5.91 Å². The molecule has 1 atom stereocenters. The maximum atomic E-state index is 13.1. The van der Waals surface area contributed by atoms with E-state index in [9.17, 15) is 13.6 Å². The third kappa shape index (κ3) is 3.73. The minimum Gasteiger partial charge on any atom is -0.383 e. The SMILES string of the molecule is COCCN1CC(Cc2cc(F)cc(F)c2)CC1=O. The van der Waals surface area contributed by atoms with Gasteiger partial charge in [-0.15, -0.1) is 0 Å². The molecule has 19 heavy (non-hydrogen) atoms. The Morgan fingerprint density at radius 3 is 2.63 bits per heavy atom. The first-order chi connectivity index (χ1) is 9.08. The minimum absolute atomic E-state index is 0.0823. The molecule has 1 fully saturated rings. The van der Waals surface area contributed by atoms with E-state index in [2.05, 4.69) is 0 Å². The highest BCUT2D eigenvalue weighted by Crippen LogP contribution is 2.22. The van der Waals surface area contributed by atoms with Crippen molar-refractivity contribution in [1.29, 1.82) is 0 Å². The van der Waals surface area contributed by atoms with Crippen LogP contribution in [-0.2, 0) is 16.0 Å². The van der Waals surface area contributed by atoms with E-state index in [1.54, 1.807) is 12.0 Å². The molecule has 0 N–H and O–H groups in total. The van der Waals surface area contributed by atoms with Gasteiger partial charge in [0.1, 0.15) is 11.6 Å². The molecular formula is C14H17F2NO2. The van der Waals surface area contributed by atoms with Crippen molar-refractivity contribution < 1.29 is 18.3 Å². The van der Waals surface area contributed by atoms with Crippen LogP contribution in [-0.4, -0.2) is 37.6 Å². The van der Waals surface area contributed by atoms with E-state index in [1.165, 1.54) is 12.1 Å². The van der Waals surface area contributed by atoms with E-state index >= 15 is 0 Å². The van der Waals surface area contributed by atoms with Crippen molar-refractivity contribution in [2.75, 3.05) is 26.8 Å². The molecule has 1 aromatic rings. The van der Waals surface area contributed by atoms with Gasteiger partial charge in [-0.3, -0.25) is 4.79 Å². The lowest BCUT2D eigenvalue weighted by atomic mass is 9.98. The van der Waals surface area contributed by atoms with E-state index in [4.69, 9.17) is 4.74 Å². The smallest absolute Gasteiger partial charge is 0.223 e.